The lowest BCUT2D eigenvalue weighted by molar-refractivity contribution is 0.00210. The number of piperazine rings is 1. The van der Waals surface area contributed by atoms with Gasteiger partial charge < -0.3 is 5.32 Å². The van der Waals surface area contributed by atoms with Crippen molar-refractivity contribution in [2.24, 2.45) is 0 Å². The number of nitrogens with one attached hydrogen (secondary N) is 1. The summed E-state index contributed by atoms with van der Waals surface area (Å²) >= 11 is 0. The van der Waals surface area contributed by atoms with Crippen molar-refractivity contribution in [3.05, 3.63) is 35.6 Å². The van der Waals surface area contributed by atoms with Crippen LogP contribution >= 0.6 is 0 Å². The van der Waals surface area contributed by atoms with Crippen molar-refractivity contribution >= 4 is 0 Å². The molecule has 2 rings (SSSR count). The van der Waals surface area contributed by atoms with Crippen molar-refractivity contribution in [2.75, 3.05) is 13.1 Å². The second kappa shape index (κ2) is 6.45. The van der Waals surface area contributed by atoms with Gasteiger partial charge in [0.05, 0.1) is 0 Å². The van der Waals surface area contributed by atoms with Crippen LogP contribution in [0, 0.1) is 5.82 Å². The van der Waals surface area contributed by atoms with E-state index in [2.05, 4.69) is 37.9 Å². The highest BCUT2D eigenvalue weighted by Crippen LogP contribution is 2.32. The summed E-state index contributed by atoms with van der Waals surface area (Å²) in [5, 5.41) is 3.77. The third kappa shape index (κ3) is 3.29. The molecule has 1 heterocycles. The Balaban J connectivity index is 2.25. The van der Waals surface area contributed by atoms with E-state index in [9.17, 15) is 4.39 Å². The van der Waals surface area contributed by atoms with Gasteiger partial charge in [0.15, 0.2) is 0 Å². The van der Waals surface area contributed by atoms with E-state index in [1.807, 2.05) is 12.1 Å². The van der Waals surface area contributed by atoms with Crippen LogP contribution in [0.5, 0.6) is 0 Å². The van der Waals surface area contributed by atoms with Gasteiger partial charge in [-0.25, -0.2) is 4.39 Å². The van der Waals surface area contributed by atoms with Crippen LogP contribution < -0.4 is 5.32 Å². The molecule has 0 aromatic heterocycles. The summed E-state index contributed by atoms with van der Waals surface area (Å²) < 4.78 is 14.0. The first-order valence-electron chi connectivity index (χ1n) is 8.22. The highest BCUT2D eigenvalue weighted by molar-refractivity contribution is 5.18. The van der Waals surface area contributed by atoms with Crippen molar-refractivity contribution < 1.29 is 4.39 Å². The minimum absolute atomic E-state index is 0.0897. The van der Waals surface area contributed by atoms with Gasteiger partial charge in [-0.15, -0.1) is 0 Å². The Kier molecular flexibility index (Phi) is 5.05. The van der Waals surface area contributed by atoms with Crippen LogP contribution in [0.25, 0.3) is 0 Å². The van der Waals surface area contributed by atoms with Crippen molar-refractivity contribution in [2.45, 2.75) is 64.6 Å². The molecule has 1 N–H and O–H groups in total. The average Bonchev–Trinajstić information content (AvgIpc) is 2.52. The van der Waals surface area contributed by atoms with Crippen LogP contribution in [-0.4, -0.2) is 29.1 Å². The Bertz CT molecular complexity index is 470. The van der Waals surface area contributed by atoms with Gasteiger partial charge in [0.25, 0.3) is 0 Å². The summed E-state index contributed by atoms with van der Waals surface area (Å²) in [6.45, 7) is 11.6. The molecule has 0 spiro atoms. The molecule has 0 amide bonds. The maximum atomic E-state index is 14.0. The maximum Gasteiger partial charge on any atom is 0.127 e. The molecule has 2 nitrogen and oxygen atoms in total. The molecule has 1 atom stereocenters. The monoisotopic (exact) mass is 292 g/mol. The Morgan fingerprint density at radius 2 is 1.81 bits per heavy atom. The van der Waals surface area contributed by atoms with E-state index in [0.717, 1.165) is 37.9 Å². The minimum atomic E-state index is -0.0897. The molecule has 0 saturated carbocycles. The smallest absolute Gasteiger partial charge is 0.127 e. The average molecular weight is 292 g/mol. The van der Waals surface area contributed by atoms with Crippen LogP contribution in [0.15, 0.2) is 24.3 Å². The van der Waals surface area contributed by atoms with Gasteiger partial charge in [0.2, 0.25) is 0 Å². The topological polar surface area (TPSA) is 15.3 Å². The number of hydrogen-bond donors (Lipinski definition) is 1. The highest BCUT2D eigenvalue weighted by atomic mass is 19.1. The molecule has 0 bridgehead atoms. The summed E-state index contributed by atoms with van der Waals surface area (Å²) in [6.07, 6.45) is 3.28. The molecule has 1 aromatic carbocycles. The maximum absolute atomic E-state index is 14.0. The second-order valence-electron chi connectivity index (χ2n) is 6.64. The lowest BCUT2D eigenvalue weighted by atomic mass is 9.82. The number of benzene rings is 1. The lowest BCUT2D eigenvalue weighted by Crippen LogP contribution is -2.68. The fourth-order valence-electron chi connectivity index (χ4n) is 3.25. The van der Waals surface area contributed by atoms with E-state index in [1.165, 1.54) is 0 Å². The summed E-state index contributed by atoms with van der Waals surface area (Å²) in [5.74, 6) is -0.0897. The summed E-state index contributed by atoms with van der Waals surface area (Å²) in [5.41, 5.74) is 1.07. The van der Waals surface area contributed by atoms with Gasteiger partial charge in [0.1, 0.15) is 5.82 Å². The van der Waals surface area contributed by atoms with E-state index < -0.39 is 0 Å². The van der Waals surface area contributed by atoms with Crippen LogP contribution in [-0.2, 0) is 6.54 Å². The SMILES string of the molecule is CCC1(CC)CN(Cc2ccccc2F)C(C)(CC)CN1. The Morgan fingerprint density at radius 3 is 2.38 bits per heavy atom. The van der Waals surface area contributed by atoms with Crippen molar-refractivity contribution in [1.29, 1.82) is 0 Å². The molecule has 3 heteroatoms. The molecule has 118 valence electrons. The molecule has 1 unspecified atom stereocenters. The number of hydrogen-bond acceptors (Lipinski definition) is 2. The quantitative estimate of drug-likeness (QED) is 0.883. The summed E-state index contributed by atoms with van der Waals surface area (Å²) in [7, 11) is 0. The van der Waals surface area contributed by atoms with Gasteiger partial charge >= 0.3 is 0 Å². The van der Waals surface area contributed by atoms with Crippen LogP contribution in [0.4, 0.5) is 4.39 Å². The first-order valence-corrected chi connectivity index (χ1v) is 8.22. The Labute approximate surface area is 128 Å². The zero-order valence-corrected chi connectivity index (χ0v) is 13.9. The van der Waals surface area contributed by atoms with Crippen molar-refractivity contribution in [3.63, 3.8) is 0 Å². The first kappa shape index (κ1) is 16.4. The van der Waals surface area contributed by atoms with Crippen LogP contribution in [0.1, 0.15) is 52.5 Å². The number of rotatable bonds is 5. The molecular weight excluding hydrogens is 263 g/mol. The van der Waals surface area contributed by atoms with E-state index >= 15 is 0 Å². The predicted molar refractivity (Wildman–Crippen MR) is 86.8 cm³/mol. The molecule has 1 aromatic rings. The lowest BCUT2D eigenvalue weighted by Gasteiger charge is -2.53. The second-order valence-corrected chi connectivity index (χ2v) is 6.64. The van der Waals surface area contributed by atoms with Gasteiger partial charge in [-0.05, 0) is 32.3 Å². The molecule has 1 aliphatic rings. The van der Waals surface area contributed by atoms with Gasteiger partial charge in [-0.3, -0.25) is 4.90 Å². The number of nitrogens with zero attached hydrogens (tertiary/aromatic N) is 1. The Morgan fingerprint density at radius 1 is 1.14 bits per heavy atom. The largest absolute Gasteiger partial charge is 0.308 e. The minimum Gasteiger partial charge on any atom is -0.308 e. The van der Waals surface area contributed by atoms with Crippen LogP contribution in [0.3, 0.4) is 0 Å². The fraction of sp³-hybridized carbons (Fsp3) is 0.667. The molecule has 0 radical (unpaired) electrons. The van der Waals surface area contributed by atoms with E-state index in [-0.39, 0.29) is 16.9 Å². The Hall–Kier alpha value is -0.930. The van der Waals surface area contributed by atoms with Crippen LogP contribution in [0.2, 0.25) is 0 Å². The van der Waals surface area contributed by atoms with Gasteiger partial charge in [-0.1, -0.05) is 39.0 Å². The number of halogens is 1. The first-order chi connectivity index (χ1) is 9.98. The van der Waals surface area contributed by atoms with Crippen molar-refractivity contribution in [1.82, 2.24) is 10.2 Å². The van der Waals surface area contributed by atoms with Gasteiger partial charge in [0, 0.05) is 36.3 Å². The predicted octanol–water partition coefficient (Wildman–Crippen LogP) is 3.96. The molecule has 21 heavy (non-hydrogen) atoms. The van der Waals surface area contributed by atoms with Gasteiger partial charge in [-0.2, -0.15) is 0 Å². The summed E-state index contributed by atoms with van der Waals surface area (Å²) in [6, 6.07) is 7.16. The van der Waals surface area contributed by atoms with Crippen molar-refractivity contribution in [3.8, 4) is 0 Å². The van der Waals surface area contributed by atoms with E-state index in [0.29, 0.717) is 6.54 Å². The fourth-order valence-corrected chi connectivity index (χ4v) is 3.25. The molecule has 0 aliphatic carbocycles. The standard InChI is InChI=1S/C18H29FN2/c1-5-17(4)13-20-18(6-2,7-3)14-21(17)12-15-10-8-9-11-16(15)19/h8-11,20H,5-7,12-14H2,1-4H3. The third-order valence-corrected chi connectivity index (χ3v) is 5.54. The molecule has 1 saturated heterocycles. The highest BCUT2D eigenvalue weighted by Gasteiger charge is 2.42. The zero-order chi connectivity index (χ0) is 15.5. The molecule has 1 fully saturated rings. The zero-order valence-electron chi connectivity index (χ0n) is 13.9. The molecule has 1 aliphatic heterocycles. The normalized spacial score (nSPS) is 26.0. The summed E-state index contributed by atoms with van der Waals surface area (Å²) in [4.78, 5) is 2.48. The molecular formula is C18H29FN2. The third-order valence-electron chi connectivity index (χ3n) is 5.54. The van der Waals surface area contributed by atoms with E-state index in [4.69, 9.17) is 0 Å². The van der Waals surface area contributed by atoms with E-state index in [1.54, 1.807) is 12.1 Å².